The Morgan fingerprint density at radius 2 is 1.57 bits per heavy atom. The smallest absolute Gasteiger partial charge is 0.316 e. The van der Waals surface area contributed by atoms with E-state index in [4.69, 9.17) is 9.47 Å². The Morgan fingerprint density at radius 3 is 2.20 bits per heavy atom. The van der Waals surface area contributed by atoms with E-state index in [-0.39, 0.29) is 25.4 Å². The third-order valence-corrected chi connectivity index (χ3v) is 6.47. The molecule has 0 radical (unpaired) electrons. The first kappa shape index (κ1) is 28.4. The van der Waals surface area contributed by atoms with Crippen LogP contribution < -0.4 is 0 Å². The molecule has 0 aliphatic heterocycles. The van der Waals surface area contributed by atoms with Crippen LogP contribution in [0.1, 0.15) is 63.6 Å². The SMILES string of the molecule is CCOC(=O)CCc1cccc(C(C)(CCC(F)(F)C(C)(C)CO)C(=O)OCc2ccccc2)c1. The number of hydrogen-bond acceptors (Lipinski definition) is 5. The third kappa shape index (κ3) is 7.59. The van der Waals surface area contributed by atoms with Gasteiger partial charge in [-0.15, -0.1) is 0 Å². The molecular formula is C28H36F2O5. The Morgan fingerprint density at radius 1 is 0.914 bits per heavy atom. The molecule has 0 heterocycles. The lowest BCUT2D eigenvalue weighted by atomic mass is 9.74. The number of halogens is 2. The van der Waals surface area contributed by atoms with Crippen molar-refractivity contribution in [3.8, 4) is 0 Å². The zero-order chi connectivity index (χ0) is 26.1. The number of esters is 2. The second-order valence-corrected chi connectivity index (χ2v) is 9.65. The van der Waals surface area contributed by atoms with Crippen molar-refractivity contribution >= 4 is 11.9 Å². The Hall–Kier alpha value is -2.80. The molecule has 2 aromatic carbocycles. The van der Waals surface area contributed by atoms with Gasteiger partial charge in [-0.25, -0.2) is 8.78 Å². The summed E-state index contributed by atoms with van der Waals surface area (Å²) >= 11 is 0. The second-order valence-electron chi connectivity index (χ2n) is 9.65. The number of aliphatic hydroxyl groups excluding tert-OH is 1. The van der Waals surface area contributed by atoms with Crippen LogP contribution in [0, 0.1) is 5.41 Å². The van der Waals surface area contributed by atoms with Gasteiger partial charge in [0.1, 0.15) is 6.61 Å². The number of ether oxygens (including phenoxy) is 2. The highest BCUT2D eigenvalue weighted by molar-refractivity contribution is 5.83. The van der Waals surface area contributed by atoms with E-state index in [1.165, 1.54) is 13.8 Å². The summed E-state index contributed by atoms with van der Waals surface area (Å²) in [6.45, 7) is 5.57. The summed E-state index contributed by atoms with van der Waals surface area (Å²) in [4.78, 5) is 25.1. The van der Waals surface area contributed by atoms with Gasteiger partial charge in [-0.1, -0.05) is 68.4 Å². The van der Waals surface area contributed by atoms with Gasteiger partial charge in [-0.05, 0) is 43.4 Å². The van der Waals surface area contributed by atoms with Gasteiger partial charge >= 0.3 is 11.9 Å². The maximum atomic E-state index is 15.0. The number of alkyl halides is 2. The van der Waals surface area contributed by atoms with Crippen LogP contribution in [-0.2, 0) is 37.5 Å². The molecule has 2 aromatic rings. The molecule has 0 saturated carbocycles. The quantitative estimate of drug-likeness (QED) is 0.369. The van der Waals surface area contributed by atoms with Gasteiger partial charge < -0.3 is 14.6 Å². The number of aliphatic hydroxyl groups is 1. The summed E-state index contributed by atoms with van der Waals surface area (Å²) < 4.78 is 40.5. The monoisotopic (exact) mass is 490 g/mol. The molecule has 35 heavy (non-hydrogen) atoms. The van der Waals surface area contributed by atoms with Crippen molar-refractivity contribution in [2.45, 2.75) is 71.3 Å². The molecule has 1 unspecified atom stereocenters. The van der Waals surface area contributed by atoms with E-state index in [1.807, 2.05) is 36.4 Å². The summed E-state index contributed by atoms with van der Waals surface area (Å²) in [5, 5.41) is 9.46. The van der Waals surface area contributed by atoms with Crippen molar-refractivity contribution < 1.29 is 33.0 Å². The van der Waals surface area contributed by atoms with Gasteiger partial charge in [-0.3, -0.25) is 9.59 Å². The van der Waals surface area contributed by atoms with Crippen molar-refractivity contribution in [1.29, 1.82) is 0 Å². The fraction of sp³-hybridized carbons (Fsp3) is 0.500. The van der Waals surface area contributed by atoms with E-state index < -0.39 is 35.7 Å². The summed E-state index contributed by atoms with van der Waals surface area (Å²) in [6.07, 6.45) is -0.215. The Kier molecular flexibility index (Phi) is 9.95. The molecular weight excluding hydrogens is 454 g/mol. The zero-order valence-corrected chi connectivity index (χ0v) is 21.0. The van der Waals surface area contributed by atoms with Crippen LogP contribution in [0.4, 0.5) is 8.78 Å². The van der Waals surface area contributed by atoms with Crippen molar-refractivity contribution in [3.63, 3.8) is 0 Å². The van der Waals surface area contributed by atoms with Gasteiger partial charge in [0.05, 0.1) is 24.0 Å². The number of hydrogen-bond donors (Lipinski definition) is 1. The minimum Gasteiger partial charge on any atom is -0.466 e. The fourth-order valence-corrected chi connectivity index (χ4v) is 3.66. The molecule has 5 nitrogen and oxygen atoms in total. The highest BCUT2D eigenvalue weighted by Gasteiger charge is 2.48. The van der Waals surface area contributed by atoms with Gasteiger partial charge in [0.2, 0.25) is 0 Å². The molecule has 0 amide bonds. The van der Waals surface area contributed by atoms with E-state index in [0.29, 0.717) is 18.6 Å². The maximum Gasteiger partial charge on any atom is 0.316 e. The lowest BCUT2D eigenvalue weighted by Gasteiger charge is -2.35. The first-order valence-corrected chi connectivity index (χ1v) is 11.9. The molecule has 0 aliphatic rings. The van der Waals surface area contributed by atoms with E-state index >= 15 is 0 Å². The second kappa shape index (κ2) is 12.2. The molecule has 2 rings (SSSR count). The molecule has 7 heteroatoms. The van der Waals surface area contributed by atoms with Crippen molar-refractivity contribution in [3.05, 3.63) is 71.3 Å². The first-order chi connectivity index (χ1) is 16.4. The number of carbonyl (C=O) groups excluding carboxylic acids is 2. The number of aryl methyl sites for hydroxylation is 1. The van der Waals surface area contributed by atoms with Gasteiger partial charge in [0, 0.05) is 12.8 Å². The molecule has 0 fully saturated rings. The minimum absolute atomic E-state index is 0.0241. The highest BCUT2D eigenvalue weighted by atomic mass is 19.3. The molecule has 0 aromatic heterocycles. The maximum absolute atomic E-state index is 15.0. The molecule has 0 aliphatic carbocycles. The normalized spacial score (nSPS) is 13.7. The van der Waals surface area contributed by atoms with Crippen LogP contribution in [0.25, 0.3) is 0 Å². The Labute approximate surface area is 206 Å². The van der Waals surface area contributed by atoms with Crippen LogP contribution in [0.2, 0.25) is 0 Å². The fourth-order valence-electron chi connectivity index (χ4n) is 3.66. The Bertz CT molecular complexity index is 974. The van der Waals surface area contributed by atoms with Crippen molar-refractivity contribution in [2.24, 2.45) is 5.41 Å². The average Bonchev–Trinajstić information content (AvgIpc) is 2.85. The number of carbonyl (C=O) groups is 2. The highest BCUT2D eigenvalue weighted by Crippen LogP contribution is 2.43. The van der Waals surface area contributed by atoms with Crippen LogP contribution >= 0.6 is 0 Å². The van der Waals surface area contributed by atoms with Crippen LogP contribution in [-0.4, -0.2) is 36.2 Å². The van der Waals surface area contributed by atoms with Crippen molar-refractivity contribution in [2.75, 3.05) is 13.2 Å². The lowest BCUT2D eigenvalue weighted by molar-refractivity contribution is -0.156. The van der Waals surface area contributed by atoms with Crippen molar-refractivity contribution in [1.82, 2.24) is 0 Å². The number of rotatable bonds is 13. The first-order valence-electron chi connectivity index (χ1n) is 11.9. The molecule has 0 saturated heterocycles. The minimum atomic E-state index is -3.20. The van der Waals surface area contributed by atoms with Crippen LogP contribution in [0.15, 0.2) is 54.6 Å². The predicted molar refractivity (Wildman–Crippen MR) is 130 cm³/mol. The van der Waals surface area contributed by atoms with E-state index in [1.54, 1.807) is 32.0 Å². The van der Waals surface area contributed by atoms with E-state index in [9.17, 15) is 23.5 Å². The van der Waals surface area contributed by atoms with Gasteiger partial charge in [-0.2, -0.15) is 0 Å². The van der Waals surface area contributed by atoms with E-state index in [2.05, 4.69) is 0 Å². The standard InChI is InChI=1S/C28H36F2O5/c1-5-34-24(32)15-14-21-12-9-13-23(18-21)27(4,16-17-28(29,30)26(2,3)20-31)25(33)35-19-22-10-7-6-8-11-22/h6-13,18,31H,5,14-17,19-20H2,1-4H3. The molecule has 0 spiro atoms. The third-order valence-electron chi connectivity index (χ3n) is 6.47. The average molecular weight is 491 g/mol. The summed E-state index contributed by atoms with van der Waals surface area (Å²) in [7, 11) is 0. The molecule has 192 valence electrons. The number of benzene rings is 2. The lowest BCUT2D eigenvalue weighted by Crippen LogP contribution is -2.42. The summed E-state index contributed by atoms with van der Waals surface area (Å²) in [6, 6.07) is 16.2. The topological polar surface area (TPSA) is 72.8 Å². The van der Waals surface area contributed by atoms with Gasteiger partial charge in [0.15, 0.2) is 0 Å². The molecule has 0 bridgehead atoms. The summed E-state index contributed by atoms with van der Waals surface area (Å²) in [5.41, 5.74) is -0.875. The molecule has 1 N–H and O–H groups in total. The molecule has 1 atom stereocenters. The largest absolute Gasteiger partial charge is 0.466 e. The van der Waals surface area contributed by atoms with Crippen LogP contribution in [0.3, 0.4) is 0 Å². The predicted octanol–water partition coefficient (Wildman–Crippen LogP) is 5.62. The van der Waals surface area contributed by atoms with E-state index in [0.717, 1.165) is 11.1 Å². The summed E-state index contributed by atoms with van der Waals surface area (Å²) in [5.74, 6) is -4.14. The van der Waals surface area contributed by atoms with Crippen LogP contribution in [0.5, 0.6) is 0 Å². The van der Waals surface area contributed by atoms with Gasteiger partial charge in [0.25, 0.3) is 5.92 Å². The Balaban J connectivity index is 2.31. The zero-order valence-electron chi connectivity index (χ0n) is 21.0.